The van der Waals surface area contributed by atoms with Crippen molar-refractivity contribution in [1.29, 1.82) is 0 Å². The Hall–Kier alpha value is -3.66. The summed E-state index contributed by atoms with van der Waals surface area (Å²) in [6.45, 7) is 7.19. The lowest BCUT2D eigenvalue weighted by atomic mass is 10.2. The van der Waals surface area contributed by atoms with Crippen LogP contribution in [0.2, 0.25) is 0 Å². The highest BCUT2D eigenvalue weighted by Gasteiger charge is 2.17. The summed E-state index contributed by atoms with van der Waals surface area (Å²) in [7, 11) is 0. The molecule has 1 fully saturated rings. The molecule has 9 nitrogen and oxygen atoms in total. The molecule has 0 radical (unpaired) electrons. The van der Waals surface area contributed by atoms with E-state index in [-0.39, 0.29) is 23.8 Å². The molecule has 0 unspecified atom stereocenters. The lowest BCUT2D eigenvalue weighted by Crippen LogP contribution is -2.25. The van der Waals surface area contributed by atoms with Crippen molar-refractivity contribution in [3.63, 3.8) is 0 Å². The number of carbonyl (C=O) groups is 1. The Labute approximate surface area is 197 Å². The molecule has 4 rings (SSSR count). The molecule has 2 aromatic carbocycles. The van der Waals surface area contributed by atoms with Gasteiger partial charge in [0.1, 0.15) is 12.4 Å². The van der Waals surface area contributed by atoms with Gasteiger partial charge >= 0.3 is 0 Å². The normalized spacial score (nSPS) is 13.9. The maximum atomic E-state index is 14.5. The van der Waals surface area contributed by atoms with Gasteiger partial charge in [0.25, 0.3) is 5.91 Å². The van der Waals surface area contributed by atoms with Crippen molar-refractivity contribution in [2.24, 2.45) is 0 Å². The first-order chi connectivity index (χ1) is 16.4. The number of nitrogens with one attached hydrogen (secondary N) is 1. The van der Waals surface area contributed by atoms with Crippen LogP contribution in [-0.4, -0.2) is 57.9 Å². The van der Waals surface area contributed by atoms with Crippen LogP contribution in [0.4, 0.5) is 22.0 Å². The monoisotopic (exact) mass is 468 g/mol. The first kappa shape index (κ1) is 23.5. The van der Waals surface area contributed by atoms with Gasteiger partial charge in [-0.1, -0.05) is 0 Å². The van der Waals surface area contributed by atoms with E-state index >= 15 is 0 Å². The quantitative estimate of drug-likeness (QED) is 0.490. The Bertz CT molecular complexity index is 1130. The zero-order valence-corrected chi connectivity index (χ0v) is 19.3. The molecule has 0 aliphatic carbocycles. The molecule has 3 N–H and O–H groups in total. The maximum Gasteiger partial charge on any atom is 0.281 e. The van der Waals surface area contributed by atoms with Crippen molar-refractivity contribution in [2.45, 2.75) is 32.8 Å². The first-order valence-electron chi connectivity index (χ1n) is 11.3. The highest BCUT2D eigenvalue weighted by molar-refractivity contribution is 5.97. The molecule has 0 saturated carbocycles. The summed E-state index contributed by atoms with van der Waals surface area (Å²) in [6, 6.07) is 11.2. The van der Waals surface area contributed by atoms with Crippen molar-refractivity contribution in [3.8, 4) is 11.5 Å². The Kier molecular flexibility index (Phi) is 7.27. The van der Waals surface area contributed by atoms with Crippen LogP contribution in [0.1, 0.15) is 37.0 Å². The molecule has 1 aliphatic heterocycles. The fourth-order valence-electron chi connectivity index (χ4n) is 3.71. The third kappa shape index (κ3) is 5.82. The molecule has 0 bridgehead atoms. The number of rotatable bonds is 9. The van der Waals surface area contributed by atoms with Gasteiger partial charge in [0.05, 0.1) is 6.10 Å². The van der Waals surface area contributed by atoms with Crippen molar-refractivity contribution in [3.05, 3.63) is 53.8 Å². The van der Waals surface area contributed by atoms with Gasteiger partial charge in [-0.3, -0.25) is 9.69 Å². The molecule has 1 aromatic heterocycles. The molecule has 3 aromatic rings. The average molecular weight is 469 g/mol. The summed E-state index contributed by atoms with van der Waals surface area (Å²) >= 11 is 0. The van der Waals surface area contributed by atoms with Gasteiger partial charge in [0.2, 0.25) is 11.9 Å². The SMILES string of the molecule is CC(C)Oc1ccc(C(=O)n2nc(Nc3ccc(OCCN4CCCC4)c(F)c3)nc2N)cc1. The molecular formula is C24H29FN6O3. The summed E-state index contributed by atoms with van der Waals surface area (Å²) in [6.07, 6.45) is 2.43. The second-order valence-electron chi connectivity index (χ2n) is 8.37. The average Bonchev–Trinajstić information content (AvgIpc) is 3.44. The van der Waals surface area contributed by atoms with Gasteiger partial charge in [-0.2, -0.15) is 9.67 Å². The highest BCUT2D eigenvalue weighted by Crippen LogP contribution is 2.24. The van der Waals surface area contributed by atoms with Crippen LogP contribution in [0.5, 0.6) is 11.5 Å². The number of hydrogen-bond donors (Lipinski definition) is 2. The van der Waals surface area contributed by atoms with Gasteiger partial charge in [-0.05, 0) is 76.2 Å². The van der Waals surface area contributed by atoms with Gasteiger partial charge in [0.15, 0.2) is 11.6 Å². The summed E-state index contributed by atoms with van der Waals surface area (Å²) in [5, 5.41) is 7.00. The fraction of sp³-hybridized carbons (Fsp3) is 0.375. The number of nitrogens with two attached hydrogens (primary N) is 1. The molecule has 34 heavy (non-hydrogen) atoms. The molecule has 10 heteroatoms. The largest absolute Gasteiger partial charge is 0.491 e. The van der Waals surface area contributed by atoms with E-state index in [2.05, 4.69) is 20.3 Å². The Morgan fingerprint density at radius 1 is 1.18 bits per heavy atom. The van der Waals surface area contributed by atoms with E-state index < -0.39 is 11.7 Å². The third-order valence-electron chi connectivity index (χ3n) is 5.35. The molecule has 2 heterocycles. The number of nitrogen functional groups attached to an aromatic ring is 1. The Morgan fingerprint density at radius 2 is 1.91 bits per heavy atom. The number of halogens is 1. The van der Waals surface area contributed by atoms with Gasteiger partial charge in [0, 0.05) is 23.9 Å². The number of ether oxygens (including phenoxy) is 2. The third-order valence-corrected chi connectivity index (χ3v) is 5.35. The second-order valence-corrected chi connectivity index (χ2v) is 8.37. The van der Waals surface area contributed by atoms with Crippen LogP contribution >= 0.6 is 0 Å². The van der Waals surface area contributed by atoms with Gasteiger partial charge in [-0.25, -0.2) is 4.39 Å². The zero-order chi connectivity index (χ0) is 24.1. The number of nitrogens with zero attached hydrogens (tertiary/aromatic N) is 4. The lowest BCUT2D eigenvalue weighted by Gasteiger charge is -2.15. The summed E-state index contributed by atoms with van der Waals surface area (Å²) in [5.74, 6) is -0.112. The maximum absolute atomic E-state index is 14.5. The molecular weight excluding hydrogens is 439 g/mol. The van der Waals surface area contributed by atoms with Crippen LogP contribution in [-0.2, 0) is 0 Å². The van der Waals surface area contributed by atoms with Gasteiger partial charge < -0.3 is 20.5 Å². The molecule has 1 saturated heterocycles. The smallest absolute Gasteiger partial charge is 0.281 e. The lowest BCUT2D eigenvalue weighted by molar-refractivity contribution is 0.0948. The topological polar surface area (TPSA) is 108 Å². The predicted molar refractivity (Wildman–Crippen MR) is 127 cm³/mol. The van der Waals surface area contributed by atoms with E-state index in [1.807, 2.05) is 13.8 Å². The van der Waals surface area contributed by atoms with Crippen LogP contribution in [0.15, 0.2) is 42.5 Å². The minimum Gasteiger partial charge on any atom is -0.491 e. The van der Waals surface area contributed by atoms with Crippen molar-refractivity contribution in [2.75, 3.05) is 37.3 Å². The minimum absolute atomic E-state index is 0.0292. The Morgan fingerprint density at radius 3 is 2.59 bits per heavy atom. The van der Waals surface area contributed by atoms with E-state index in [1.54, 1.807) is 36.4 Å². The number of anilines is 3. The van der Waals surface area contributed by atoms with E-state index in [9.17, 15) is 9.18 Å². The van der Waals surface area contributed by atoms with Crippen molar-refractivity contribution in [1.82, 2.24) is 19.7 Å². The second kappa shape index (κ2) is 10.5. The number of likely N-dealkylation sites (tertiary alicyclic amines) is 1. The summed E-state index contributed by atoms with van der Waals surface area (Å²) in [5.41, 5.74) is 6.68. The number of benzene rings is 2. The molecule has 180 valence electrons. The summed E-state index contributed by atoms with van der Waals surface area (Å²) in [4.78, 5) is 19.2. The minimum atomic E-state index is -0.501. The first-order valence-corrected chi connectivity index (χ1v) is 11.3. The van der Waals surface area contributed by atoms with E-state index in [0.29, 0.717) is 23.6 Å². The van der Waals surface area contributed by atoms with E-state index in [0.717, 1.165) is 24.3 Å². The Balaban J connectivity index is 1.38. The fourth-order valence-corrected chi connectivity index (χ4v) is 3.71. The molecule has 0 spiro atoms. The van der Waals surface area contributed by atoms with Crippen LogP contribution in [0, 0.1) is 5.82 Å². The van der Waals surface area contributed by atoms with E-state index in [1.165, 1.54) is 18.9 Å². The van der Waals surface area contributed by atoms with Gasteiger partial charge in [-0.15, -0.1) is 5.10 Å². The van der Waals surface area contributed by atoms with Crippen molar-refractivity contribution >= 4 is 23.5 Å². The van der Waals surface area contributed by atoms with Crippen LogP contribution in [0.25, 0.3) is 0 Å². The van der Waals surface area contributed by atoms with Crippen LogP contribution < -0.4 is 20.5 Å². The standard InChI is InChI=1S/C24H29FN6O3/c1-16(2)34-19-8-5-17(6-9-19)22(32)31-23(26)28-24(29-31)27-18-7-10-21(20(25)15-18)33-14-13-30-11-3-4-12-30/h5-10,15-16H,3-4,11-14H2,1-2H3,(H3,26,27,28,29). The number of aromatic nitrogens is 3. The highest BCUT2D eigenvalue weighted by atomic mass is 19.1. The zero-order valence-electron chi connectivity index (χ0n) is 19.3. The summed E-state index contributed by atoms with van der Waals surface area (Å²) < 4.78 is 26.7. The molecule has 0 amide bonds. The molecule has 0 atom stereocenters. The predicted octanol–water partition coefficient (Wildman–Crippen LogP) is 3.69. The number of carbonyl (C=O) groups excluding carboxylic acids is 1. The van der Waals surface area contributed by atoms with Crippen LogP contribution in [0.3, 0.4) is 0 Å². The number of hydrogen-bond acceptors (Lipinski definition) is 8. The van der Waals surface area contributed by atoms with E-state index in [4.69, 9.17) is 15.2 Å². The van der Waals surface area contributed by atoms with Crippen molar-refractivity contribution < 1.29 is 18.7 Å². The molecule has 1 aliphatic rings.